The van der Waals surface area contributed by atoms with Crippen LogP contribution < -0.4 is 10.6 Å². The number of hydrogen-bond acceptors (Lipinski definition) is 5. The number of hydrogen-bond donors (Lipinski definition) is 2. The molecule has 186 valence electrons. The third-order valence-electron chi connectivity index (χ3n) is 7.29. The Morgan fingerprint density at radius 1 is 1.00 bits per heavy atom. The van der Waals surface area contributed by atoms with Gasteiger partial charge in [0.15, 0.2) is 0 Å². The molecule has 6 heteroatoms. The van der Waals surface area contributed by atoms with Crippen molar-refractivity contribution in [3.8, 4) is 16.8 Å². The lowest BCUT2D eigenvalue weighted by Gasteiger charge is -2.26. The molecule has 0 spiro atoms. The third-order valence-corrected chi connectivity index (χ3v) is 7.29. The fourth-order valence-corrected chi connectivity index (χ4v) is 5.27. The van der Waals surface area contributed by atoms with Gasteiger partial charge in [-0.15, -0.1) is 0 Å². The van der Waals surface area contributed by atoms with Crippen molar-refractivity contribution in [1.82, 2.24) is 19.8 Å². The fraction of sp³-hybridized carbons (Fsp3) is 0.483. The molecule has 6 nitrogen and oxygen atoms in total. The van der Waals surface area contributed by atoms with Crippen LogP contribution in [-0.2, 0) is 24.0 Å². The standard InChI is InChI=1S/C29H39N5O/c1-22-19-25(31-13-4-3-12-30-2)7-8-27(22)23-5-9-28-24(20-23)6-10-29-32-26(21-34(28)29)11-14-33-15-17-35-18-16-33/h5,7-9,19-21,30-31H,3-4,6,10-18H2,1-2H3. The van der Waals surface area contributed by atoms with E-state index in [4.69, 9.17) is 9.72 Å². The van der Waals surface area contributed by atoms with Crippen LogP contribution in [0.4, 0.5) is 5.69 Å². The first-order chi connectivity index (χ1) is 17.2. The normalized spacial score (nSPS) is 15.6. The van der Waals surface area contributed by atoms with E-state index in [1.807, 2.05) is 7.05 Å². The summed E-state index contributed by atoms with van der Waals surface area (Å²) < 4.78 is 7.80. The zero-order chi connectivity index (χ0) is 24.0. The maximum atomic E-state index is 5.47. The Balaban J connectivity index is 1.26. The quantitative estimate of drug-likeness (QED) is 0.432. The van der Waals surface area contributed by atoms with Crippen molar-refractivity contribution in [2.45, 2.75) is 39.0 Å². The van der Waals surface area contributed by atoms with Crippen molar-refractivity contribution in [3.63, 3.8) is 0 Å². The minimum Gasteiger partial charge on any atom is -0.385 e. The number of aryl methyl sites for hydroxylation is 3. The molecule has 2 aromatic carbocycles. The van der Waals surface area contributed by atoms with Crippen LogP contribution in [0.25, 0.3) is 16.8 Å². The van der Waals surface area contributed by atoms with Gasteiger partial charge in [-0.3, -0.25) is 4.90 Å². The highest BCUT2D eigenvalue weighted by Crippen LogP contribution is 2.32. The van der Waals surface area contributed by atoms with Gasteiger partial charge in [-0.2, -0.15) is 0 Å². The topological polar surface area (TPSA) is 54.4 Å². The molecule has 3 aromatic rings. The van der Waals surface area contributed by atoms with Crippen molar-refractivity contribution in [2.75, 3.05) is 58.3 Å². The van der Waals surface area contributed by atoms with Crippen molar-refractivity contribution >= 4 is 5.69 Å². The number of imidazole rings is 1. The van der Waals surface area contributed by atoms with Crippen LogP contribution in [0.5, 0.6) is 0 Å². The second kappa shape index (κ2) is 11.4. The minimum absolute atomic E-state index is 0.852. The molecule has 1 aromatic heterocycles. The van der Waals surface area contributed by atoms with E-state index in [0.29, 0.717) is 0 Å². The highest BCUT2D eigenvalue weighted by atomic mass is 16.5. The molecular formula is C29H39N5O. The molecule has 2 aliphatic rings. The summed E-state index contributed by atoms with van der Waals surface area (Å²) in [5.41, 5.74) is 9.05. The Kier molecular flexibility index (Phi) is 7.82. The summed E-state index contributed by atoms with van der Waals surface area (Å²) in [4.78, 5) is 7.46. The van der Waals surface area contributed by atoms with Crippen LogP contribution in [0.15, 0.2) is 42.6 Å². The molecule has 1 saturated heterocycles. The molecule has 3 heterocycles. The summed E-state index contributed by atoms with van der Waals surface area (Å²) in [5, 5.41) is 6.78. The van der Waals surface area contributed by atoms with Gasteiger partial charge in [0.05, 0.1) is 18.9 Å². The monoisotopic (exact) mass is 473 g/mol. The molecule has 1 fully saturated rings. The van der Waals surface area contributed by atoms with Gasteiger partial charge in [0.25, 0.3) is 0 Å². The van der Waals surface area contributed by atoms with Gasteiger partial charge in [0, 0.05) is 56.6 Å². The lowest BCUT2D eigenvalue weighted by molar-refractivity contribution is 0.0383. The smallest absolute Gasteiger partial charge is 0.113 e. The number of morpholine rings is 1. The van der Waals surface area contributed by atoms with Gasteiger partial charge < -0.3 is 19.9 Å². The van der Waals surface area contributed by atoms with Gasteiger partial charge >= 0.3 is 0 Å². The maximum absolute atomic E-state index is 5.47. The first-order valence-corrected chi connectivity index (χ1v) is 13.2. The SMILES string of the molecule is CNCCCCNc1ccc(-c2ccc3c(c2)CCc2nc(CCN4CCOCC4)cn2-3)c(C)c1. The summed E-state index contributed by atoms with van der Waals surface area (Å²) in [6.45, 7) is 9.14. The number of rotatable bonds is 10. The molecule has 0 unspecified atom stereocenters. The number of nitrogens with zero attached hydrogens (tertiary/aromatic N) is 3. The molecule has 0 radical (unpaired) electrons. The number of benzene rings is 2. The molecule has 0 atom stereocenters. The molecule has 0 amide bonds. The summed E-state index contributed by atoms with van der Waals surface area (Å²) in [5.74, 6) is 1.20. The van der Waals surface area contributed by atoms with E-state index in [2.05, 4.69) is 69.6 Å². The van der Waals surface area contributed by atoms with Crippen molar-refractivity contribution in [3.05, 3.63) is 65.2 Å². The second-order valence-electron chi connectivity index (χ2n) is 9.83. The van der Waals surface area contributed by atoms with Crippen LogP contribution in [0.2, 0.25) is 0 Å². The van der Waals surface area contributed by atoms with Crippen LogP contribution in [-0.4, -0.2) is 67.4 Å². The second-order valence-corrected chi connectivity index (χ2v) is 9.83. The number of anilines is 1. The summed E-state index contributed by atoms with van der Waals surface area (Å²) >= 11 is 0. The molecule has 2 N–H and O–H groups in total. The molecule has 2 aliphatic heterocycles. The predicted molar refractivity (Wildman–Crippen MR) is 144 cm³/mol. The first-order valence-electron chi connectivity index (χ1n) is 13.2. The summed E-state index contributed by atoms with van der Waals surface area (Å²) in [6.07, 6.45) is 7.69. The number of ether oxygens (including phenoxy) is 1. The van der Waals surface area contributed by atoms with Gasteiger partial charge in [-0.25, -0.2) is 4.98 Å². The molecular weight excluding hydrogens is 434 g/mol. The minimum atomic E-state index is 0.852. The van der Waals surface area contributed by atoms with Gasteiger partial charge in [0.1, 0.15) is 5.82 Å². The zero-order valence-corrected chi connectivity index (χ0v) is 21.3. The number of nitrogens with one attached hydrogen (secondary N) is 2. The predicted octanol–water partition coefficient (Wildman–Crippen LogP) is 4.23. The Hall–Kier alpha value is -2.67. The average molecular weight is 474 g/mol. The van der Waals surface area contributed by atoms with E-state index in [9.17, 15) is 0 Å². The molecule has 0 saturated carbocycles. The van der Waals surface area contributed by atoms with Gasteiger partial charge in [-0.1, -0.05) is 12.1 Å². The zero-order valence-electron chi connectivity index (χ0n) is 21.3. The van der Waals surface area contributed by atoms with E-state index in [1.165, 1.54) is 58.0 Å². The van der Waals surface area contributed by atoms with Crippen LogP contribution in [0.1, 0.15) is 35.5 Å². The largest absolute Gasteiger partial charge is 0.385 e. The molecule has 0 aliphatic carbocycles. The highest BCUT2D eigenvalue weighted by molar-refractivity contribution is 5.72. The van der Waals surface area contributed by atoms with Gasteiger partial charge in [-0.05, 0) is 86.3 Å². The first kappa shape index (κ1) is 24.0. The lowest BCUT2D eigenvalue weighted by Crippen LogP contribution is -2.37. The number of unbranched alkanes of at least 4 members (excludes halogenated alkanes) is 1. The highest BCUT2D eigenvalue weighted by Gasteiger charge is 2.20. The Labute approximate surface area is 209 Å². The van der Waals surface area contributed by atoms with Gasteiger partial charge in [0.2, 0.25) is 0 Å². The average Bonchev–Trinajstić information content (AvgIpc) is 3.31. The van der Waals surface area contributed by atoms with Crippen LogP contribution in [0.3, 0.4) is 0 Å². The van der Waals surface area contributed by atoms with E-state index in [1.54, 1.807) is 0 Å². The lowest BCUT2D eigenvalue weighted by atomic mass is 9.94. The number of aromatic nitrogens is 2. The summed E-state index contributed by atoms with van der Waals surface area (Å²) in [6, 6.07) is 13.7. The third kappa shape index (κ3) is 5.77. The van der Waals surface area contributed by atoms with Crippen LogP contribution >= 0.6 is 0 Å². The fourth-order valence-electron chi connectivity index (χ4n) is 5.27. The van der Waals surface area contributed by atoms with E-state index in [0.717, 1.165) is 65.2 Å². The Bertz CT molecular complexity index is 1130. The number of fused-ring (bicyclic) bond motifs is 3. The van der Waals surface area contributed by atoms with Crippen LogP contribution in [0, 0.1) is 6.92 Å². The van der Waals surface area contributed by atoms with Crippen molar-refractivity contribution in [1.29, 1.82) is 0 Å². The molecule has 5 rings (SSSR count). The summed E-state index contributed by atoms with van der Waals surface area (Å²) in [7, 11) is 2.01. The molecule has 0 bridgehead atoms. The molecule has 35 heavy (non-hydrogen) atoms. The van der Waals surface area contributed by atoms with Crippen molar-refractivity contribution in [2.24, 2.45) is 0 Å². The Morgan fingerprint density at radius 2 is 1.86 bits per heavy atom. The van der Waals surface area contributed by atoms with E-state index in [-0.39, 0.29) is 0 Å². The maximum Gasteiger partial charge on any atom is 0.113 e. The Morgan fingerprint density at radius 3 is 2.69 bits per heavy atom. The van der Waals surface area contributed by atoms with E-state index < -0.39 is 0 Å². The van der Waals surface area contributed by atoms with Crippen molar-refractivity contribution < 1.29 is 4.74 Å². The van der Waals surface area contributed by atoms with E-state index >= 15 is 0 Å².